The fourth-order valence-electron chi connectivity index (χ4n) is 2.80. The van der Waals surface area contributed by atoms with Gasteiger partial charge in [-0.2, -0.15) is 9.59 Å². The van der Waals surface area contributed by atoms with E-state index in [1.807, 2.05) is 6.92 Å². The van der Waals surface area contributed by atoms with Crippen LogP contribution in [0.4, 0.5) is 8.78 Å². The topological polar surface area (TPSA) is 85.4 Å². The molecule has 0 saturated carbocycles. The molecule has 0 bridgehead atoms. The van der Waals surface area contributed by atoms with Gasteiger partial charge in [0.1, 0.15) is 17.4 Å². The van der Waals surface area contributed by atoms with Gasteiger partial charge in [-0.05, 0) is 42.3 Å². The van der Waals surface area contributed by atoms with Crippen LogP contribution in [0.2, 0.25) is 0 Å². The van der Waals surface area contributed by atoms with E-state index in [-0.39, 0.29) is 36.7 Å². The molecule has 166 valence electrons. The van der Waals surface area contributed by atoms with Gasteiger partial charge in [-0.3, -0.25) is 9.78 Å². The van der Waals surface area contributed by atoms with E-state index in [0.29, 0.717) is 34.7 Å². The van der Waals surface area contributed by atoms with Crippen LogP contribution in [0.15, 0.2) is 60.8 Å². The lowest BCUT2D eigenvalue weighted by atomic mass is 10.1. The molecule has 8 heteroatoms. The second-order valence-corrected chi connectivity index (χ2v) is 6.70. The SMILES string of the molecule is CCCOc1ccc(-c2ccc(CC(=O)NCc3cccc(F)c3)nc2)c(F)c1.O=C=O. The van der Waals surface area contributed by atoms with Crippen molar-refractivity contribution in [1.29, 1.82) is 0 Å². The lowest BCUT2D eigenvalue weighted by Gasteiger charge is -2.09. The molecule has 0 atom stereocenters. The number of hydrogen-bond acceptors (Lipinski definition) is 5. The number of carbonyl (C=O) groups excluding carboxylic acids is 3. The third-order valence-electron chi connectivity index (χ3n) is 4.27. The molecule has 0 radical (unpaired) electrons. The van der Waals surface area contributed by atoms with Crippen molar-refractivity contribution in [1.82, 2.24) is 10.3 Å². The van der Waals surface area contributed by atoms with Crippen molar-refractivity contribution in [3.8, 4) is 16.9 Å². The molecule has 1 aromatic heterocycles. The van der Waals surface area contributed by atoms with Crippen LogP contribution >= 0.6 is 0 Å². The number of carbonyl (C=O) groups is 1. The third-order valence-corrected chi connectivity index (χ3v) is 4.27. The Labute approximate surface area is 184 Å². The fourth-order valence-corrected chi connectivity index (χ4v) is 2.80. The summed E-state index contributed by atoms with van der Waals surface area (Å²) in [4.78, 5) is 32.6. The maximum Gasteiger partial charge on any atom is 0.373 e. The Kier molecular flexibility index (Phi) is 9.69. The first-order chi connectivity index (χ1) is 15.5. The molecule has 32 heavy (non-hydrogen) atoms. The van der Waals surface area contributed by atoms with E-state index < -0.39 is 0 Å². The molecule has 3 rings (SSSR count). The summed E-state index contributed by atoms with van der Waals surface area (Å²) >= 11 is 0. The van der Waals surface area contributed by atoms with Crippen molar-refractivity contribution >= 4 is 12.1 Å². The maximum atomic E-state index is 14.4. The van der Waals surface area contributed by atoms with Crippen molar-refractivity contribution in [2.24, 2.45) is 0 Å². The lowest BCUT2D eigenvalue weighted by Crippen LogP contribution is -2.24. The zero-order valence-corrected chi connectivity index (χ0v) is 17.4. The zero-order valence-electron chi connectivity index (χ0n) is 17.4. The Bertz CT molecular complexity index is 1070. The van der Waals surface area contributed by atoms with Gasteiger partial charge in [-0.1, -0.05) is 25.1 Å². The number of pyridine rings is 1. The summed E-state index contributed by atoms with van der Waals surface area (Å²) in [5.74, 6) is -0.460. The molecule has 0 fully saturated rings. The van der Waals surface area contributed by atoms with Crippen molar-refractivity contribution in [2.75, 3.05) is 6.61 Å². The molecule has 0 aliphatic rings. The first kappa shape index (κ1) is 24.4. The summed E-state index contributed by atoms with van der Waals surface area (Å²) in [6.45, 7) is 2.77. The summed E-state index contributed by atoms with van der Waals surface area (Å²) in [5.41, 5.74) is 2.29. The van der Waals surface area contributed by atoms with Gasteiger partial charge in [-0.25, -0.2) is 8.78 Å². The first-order valence-corrected chi connectivity index (χ1v) is 9.85. The monoisotopic (exact) mass is 440 g/mol. The molecule has 6 nitrogen and oxygen atoms in total. The molecule has 1 N–H and O–H groups in total. The van der Waals surface area contributed by atoms with Crippen LogP contribution in [0.25, 0.3) is 11.1 Å². The van der Waals surface area contributed by atoms with Gasteiger partial charge >= 0.3 is 6.15 Å². The van der Waals surface area contributed by atoms with Gasteiger partial charge < -0.3 is 10.1 Å². The van der Waals surface area contributed by atoms with Crippen molar-refractivity contribution in [3.05, 3.63) is 83.7 Å². The summed E-state index contributed by atoms with van der Waals surface area (Å²) < 4.78 is 33.0. The predicted octanol–water partition coefficient (Wildman–Crippen LogP) is 4.09. The Morgan fingerprint density at radius 3 is 2.50 bits per heavy atom. The Hall–Kier alpha value is -3.90. The highest BCUT2D eigenvalue weighted by molar-refractivity contribution is 5.78. The van der Waals surface area contributed by atoms with E-state index in [4.69, 9.17) is 14.3 Å². The van der Waals surface area contributed by atoms with Gasteiger partial charge in [0.25, 0.3) is 0 Å². The average molecular weight is 440 g/mol. The average Bonchev–Trinajstić information content (AvgIpc) is 2.78. The summed E-state index contributed by atoms with van der Waals surface area (Å²) in [5, 5.41) is 2.73. The standard InChI is InChI=1S/C23H22F2N2O2.CO2/c1-2-10-29-20-8-9-21(22(25)13-20)17-6-7-19(26-15-17)12-23(28)27-14-16-4-3-5-18(24)11-16;2-1-3/h3-9,11,13,15H,2,10,12,14H2,1H3,(H,27,28);. The second kappa shape index (κ2) is 12.7. The number of halogens is 2. The Morgan fingerprint density at radius 2 is 1.88 bits per heavy atom. The number of ether oxygens (including phenoxy) is 1. The van der Waals surface area contributed by atoms with Gasteiger partial charge in [0.15, 0.2) is 0 Å². The molecule has 1 heterocycles. The van der Waals surface area contributed by atoms with E-state index in [1.54, 1.807) is 42.6 Å². The second-order valence-electron chi connectivity index (χ2n) is 6.70. The zero-order chi connectivity index (χ0) is 23.3. The van der Waals surface area contributed by atoms with Crippen LogP contribution in [0.3, 0.4) is 0 Å². The van der Waals surface area contributed by atoms with E-state index in [1.165, 1.54) is 18.2 Å². The van der Waals surface area contributed by atoms with Gasteiger partial charge in [0, 0.05) is 35.6 Å². The van der Waals surface area contributed by atoms with Crippen molar-refractivity contribution in [3.63, 3.8) is 0 Å². The van der Waals surface area contributed by atoms with Crippen LogP contribution in [0.1, 0.15) is 24.6 Å². The molecule has 2 aromatic carbocycles. The van der Waals surface area contributed by atoms with Crippen LogP contribution in [0.5, 0.6) is 5.75 Å². The van der Waals surface area contributed by atoms with Gasteiger partial charge in [0.2, 0.25) is 5.91 Å². The maximum absolute atomic E-state index is 14.4. The van der Waals surface area contributed by atoms with Crippen LogP contribution < -0.4 is 10.1 Å². The number of nitrogens with one attached hydrogen (secondary N) is 1. The molecule has 0 saturated heterocycles. The van der Waals surface area contributed by atoms with Crippen LogP contribution in [0, 0.1) is 11.6 Å². The number of nitrogens with zero attached hydrogens (tertiary/aromatic N) is 1. The normalized spacial score (nSPS) is 9.84. The van der Waals surface area contributed by atoms with E-state index in [2.05, 4.69) is 10.3 Å². The molecule has 0 aliphatic heterocycles. The molecule has 0 spiro atoms. The number of benzene rings is 2. The smallest absolute Gasteiger partial charge is 0.373 e. The molecule has 0 unspecified atom stereocenters. The minimum absolute atomic E-state index is 0.0852. The minimum Gasteiger partial charge on any atom is -0.494 e. The summed E-state index contributed by atoms with van der Waals surface area (Å²) in [7, 11) is 0. The summed E-state index contributed by atoms with van der Waals surface area (Å²) in [6, 6.07) is 14.2. The first-order valence-electron chi connectivity index (χ1n) is 9.85. The number of rotatable bonds is 8. The number of aromatic nitrogens is 1. The highest BCUT2D eigenvalue weighted by Crippen LogP contribution is 2.26. The molecule has 0 aliphatic carbocycles. The summed E-state index contributed by atoms with van der Waals surface area (Å²) in [6.07, 6.45) is 2.73. The highest BCUT2D eigenvalue weighted by atomic mass is 19.1. The van der Waals surface area contributed by atoms with E-state index in [9.17, 15) is 13.6 Å². The lowest BCUT2D eigenvalue weighted by molar-refractivity contribution is -0.191. The van der Waals surface area contributed by atoms with E-state index in [0.717, 1.165) is 6.42 Å². The Morgan fingerprint density at radius 1 is 1.09 bits per heavy atom. The van der Waals surface area contributed by atoms with Gasteiger partial charge in [0.05, 0.1) is 13.0 Å². The quantitative estimate of drug-likeness (QED) is 0.570. The Balaban J connectivity index is 0.00000114. The molecular weight excluding hydrogens is 418 g/mol. The predicted molar refractivity (Wildman–Crippen MR) is 112 cm³/mol. The molecule has 3 aromatic rings. The third kappa shape index (κ3) is 7.74. The fraction of sp³-hybridized carbons (Fsp3) is 0.208. The van der Waals surface area contributed by atoms with Gasteiger partial charge in [-0.15, -0.1) is 0 Å². The van der Waals surface area contributed by atoms with Crippen molar-refractivity contribution in [2.45, 2.75) is 26.3 Å². The minimum atomic E-state index is -0.388. The van der Waals surface area contributed by atoms with Crippen LogP contribution in [-0.4, -0.2) is 23.6 Å². The largest absolute Gasteiger partial charge is 0.494 e. The van der Waals surface area contributed by atoms with E-state index >= 15 is 0 Å². The van der Waals surface area contributed by atoms with Crippen LogP contribution in [-0.2, 0) is 27.3 Å². The number of amides is 1. The van der Waals surface area contributed by atoms with Crippen molar-refractivity contribution < 1.29 is 27.9 Å². The molecule has 1 amide bonds. The highest BCUT2D eigenvalue weighted by Gasteiger charge is 2.09. The number of hydrogen-bond donors (Lipinski definition) is 1. The molecular formula is C24H22F2N2O4.